The number of aliphatic hydroxyl groups excluding tert-OH is 2. The molecule has 0 aliphatic heterocycles. The molecule has 35 heavy (non-hydrogen) atoms. The smallest absolute Gasteiger partial charge is 0.203 e. The molecule has 10 nitrogen and oxygen atoms in total. The molecule has 2 heterocycles. The van der Waals surface area contributed by atoms with Crippen LogP contribution < -0.4 is 15.5 Å². The molecule has 0 spiro atoms. The maximum Gasteiger partial charge on any atom is 0.203 e. The zero-order chi connectivity index (χ0) is 25.3. The van der Waals surface area contributed by atoms with Crippen LogP contribution in [0, 0.1) is 0 Å². The average molecular weight is 548 g/mol. The van der Waals surface area contributed by atoms with Crippen molar-refractivity contribution in [1.82, 2.24) is 19.4 Å². The van der Waals surface area contributed by atoms with Crippen LogP contribution in [0.3, 0.4) is 0 Å². The molecule has 2 aromatic heterocycles. The highest BCUT2D eigenvalue weighted by molar-refractivity contribution is 9.10. The van der Waals surface area contributed by atoms with Crippen LogP contribution in [0.25, 0.3) is 27.2 Å². The molecule has 0 fully saturated rings. The van der Waals surface area contributed by atoms with Crippen molar-refractivity contribution in [2.24, 2.45) is 0 Å². The van der Waals surface area contributed by atoms with E-state index < -0.39 is 0 Å². The van der Waals surface area contributed by atoms with Crippen LogP contribution >= 0.6 is 15.9 Å². The number of rotatable bonds is 11. The summed E-state index contributed by atoms with van der Waals surface area (Å²) in [4.78, 5) is 17.9. The number of nitrogens with zero attached hydrogens (tertiary/aromatic N) is 4. The Hall–Kier alpha value is -2.70. The van der Waals surface area contributed by atoms with Crippen molar-refractivity contribution < 1.29 is 20.1 Å². The highest BCUT2D eigenvalue weighted by atomic mass is 79.9. The van der Waals surface area contributed by atoms with Gasteiger partial charge in [0.05, 0.1) is 46.8 Å². The molecule has 4 rings (SSSR count). The third-order valence-corrected chi connectivity index (χ3v) is 6.65. The monoisotopic (exact) mass is 547 g/mol. The van der Waals surface area contributed by atoms with Crippen molar-refractivity contribution in [1.29, 1.82) is 0 Å². The molecule has 4 N–H and O–H groups in total. The average Bonchev–Trinajstić information content (AvgIpc) is 3.16. The molecule has 0 atom stereocenters. The summed E-state index contributed by atoms with van der Waals surface area (Å²) in [5.74, 6) is 0.222. The standard InChI is InChI=1S/C24H30BrN5O5/c1-28(2)7-6-26-16-5-4-14-17(13-29(8-10-31)9-11-32)27-30-21(14)19(16)23(34)20-22(30)18(33)12-15(25)24(20)35-3/h4-5,12,26,31-33H,6-11,13H2,1-3H3. The van der Waals surface area contributed by atoms with Gasteiger partial charge in [-0.3, -0.25) is 9.69 Å². The molecule has 11 heteroatoms. The molecule has 2 aromatic carbocycles. The van der Waals surface area contributed by atoms with Gasteiger partial charge in [-0.2, -0.15) is 5.10 Å². The lowest BCUT2D eigenvalue weighted by Crippen LogP contribution is -2.29. The van der Waals surface area contributed by atoms with Crippen molar-refractivity contribution in [3.05, 3.63) is 38.6 Å². The summed E-state index contributed by atoms with van der Waals surface area (Å²) in [6, 6.07) is 5.28. The number of aromatic nitrogens is 2. The molecular weight excluding hydrogens is 518 g/mol. The van der Waals surface area contributed by atoms with Gasteiger partial charge >= 0.3 is 0 Å². The number of likely N-dealkylation sites (N-methyl/N-ethyl adjacent to an activating group) is 1. The number of hydrogen-bond acceptors (Lipinski definition) is 9. The predicted octanol–water partition coefficient (Wildman–Crippen LogP) is 1.68. The number of halogens is 1. The second kappa shape index (κ2) is 10.5. The van der Waals surface area contributed by atoms with E-state index in [1.165, 1.54) is 13.2 Å². The Labute approximate surface area is 210 Å². The van der Waals surface area contributed by atoms with Crippen LogP contribution in [-0.4, -0.2) is 95.3 Å². The number of nitrogens with one attached hydrogen (secondary N) is 1. The fourth-order valence-corrected chi connectivity index (χ4v) is 5.04. The molecule has 0 saturated carbocycles. The van der Waals surface area contributed by atoms with E-state index >= 15 is 0 Å². The summed E-state index contributed by atoms with van der Waals surface area (Å²) in [7, 11) is 5.44. The minimum atomic E-state index is -0.270. The minimum Gasteiger partial charge on any atom is -0.506 e. The van der Waals surface area contributed by atoms with Crippen molar-refractivity contribution in [3.8, 4) is 11.5 Å². The molecule has 0 aliphatic rings. The number of phenolic OH excluding ortho intramolecular Hbond substituents is 1. The van der Waals surface area contributed by atoms with Gasteiger partial charge in [0, 0.05) is 49.9 Å². The van der Waals surface area contributed by atoms with E-state index in [9.17, 15) is 20.1 Å². The second-order valence-corrected chi connectivity index (χ2v) is 9.51. The Morgan fingerprint density at radius 1 is 1.11 bits per heavy atom. The fourth-order valence-electron chi connectivity index (χ4n) is 4.46. The number of hydrogen-bond donors (Lipinski definition) is 4. The Morgan fingerprint density at radius 2 is 1.83 bits per heavy atom. The summed E-state index contributed by atoms with van der Waals surface area (Å²) in [6.07, 6.45) is 0. The summed E-state index contributed by atoms with van der Waals surface area (Å²) in [5.41, 5.74) is 1.93. The minimum absolute atomic E-state index is 0.0584. The molecular formula is C24H30BrN5O5. The lowest BCUT2D eigenvalue weighted by atomic mass is 10.0. The third-order valence-electron chi connectivity index (χ3n) is 6.06. The lowest BCUT2D eigenvalue weighted by molar-refractivity contribution is 0.155. The van der Waals surface area contributed by atoms with Crippen LogP contribution in [-0.2, 0) is 6.54 Å². The first-order valence-corrected chi connectivity index (χ1v) is 12.1. The maximum atomic E-state index is 14.0. The van der Waals surface area contributed by atoms with Crippen molar-refractivity contribution in [2.45, 2.75) is 6.54 Å². The van der Waals surface area contributed by atoms with Crippen LogP contribution in [0.15, 0.2) is 27.5 Å². The SMILES string of the molecule is COc1c(Br)cc(O)c2c1c(=O)c1c(NCCN(C)C)ccc3c(CN(CCO)CCO)nn2c31. The zero-order valence-electron chi connectivity index (χ0n) is 20.0. The fraction of sp³-hybridized carbons (Fsp3) is 0.417. The normalized spacial score (nSPS) is 12.1. The van der Waals surface area contributed by atoms with E-state index in [2.05, 4.69) is 21.2 Å². The Balaban J connectivity index is 2.05. The first-order valence-electron chi connectivity index (χ1n) is 11.3. The number of fused-ring (bicyclic) bond motifs is 2. The van der Waals surface area contributed by atoms with Crippen LogP contribution in [0.4, 0.5) is 5.69 Å². The Morgan fingerprint density at radius 3 is 2.46 bits per heavy atom. The molecule has 0 aliphatic carbocycles. The summed E-state index contributed by atoms with van der Waals surface area (Å²) < 4.78 is 7.63. The van der Waals surface area contributed by atoms with Gasteiger partial charge in [-0.15, -0.1) is 0 Å². The van der Waals surface area contributed by atoms with Gasteiger partial charge in [0.2, 0.25) is 5.43 Å². The highest BCUT2D eigenvalue weighted by Crippen LogP contribution is 2.40. The summed E-state index contributed by atoms with van der Waals surface area (Å²) >= 11 is 3.40. The van der Waals surface area contributed by atoms with Gasteiger partial charge in [-0.05, 0) is 42.2 Å². The van der Waals surface area contributed by atoms with E-state index in [1.54, 1.807) is 4.52 Å². The highest BCUT2D eigenvalue weighted by Gasteiger charge is 2.25. The molecule has 0 saturated heterocycles. The lowest BCUT2D eigenvalue weighted by Gasteiger charge is -2.18. The van der Waals surface area contributed by atoms with Gasteiger partial charge < -0.3 is 30.3 Å². The molecule has 0 unspecified atom stereocenters. The molecule has 0 amide bonds. The number of aliphatic hydroxyl groups is 2. The van der Waals surface area contributed by atoms with Crippen molar-refractivity contribution in [3.63, 3.8) is 0 Å². The van der Waals surface area contributed by atoms with Crippen molar-refractivity contribution >= 4 is 48.8 Å². The van der Waals surface area contributed by atoms with Gasteiger partial charge in [-0.1, -0.05) is 0 Å². The topological polar surface area (TPSA) is 123 Å². The largest absolute Gasteiger partial charge is 0.506 e. The summed E-state index contributed by atoms with van der Waals surface area (Å²) in [5, 5.41) is 39.4. The zero-order valence-corrected chi connectivity index (χ0v) is 21.6. The molecule has 0 radical (unpaired) electrons. The van der Waals surface area contributed by atoms with Crippen LogP contribution in [0.2, 0.25) is 0 Å². The van der Waals surface area contributed by atoms with E-state index in [4.69, 9.17) is 9.84 Å². The van der Waals surface area contributed by atoms with Crippen molar-refractivity contribution in [2.75, 3.05) is 65.9 Å². The van der Waals surface area contributed by atoms with E-state index in [-0.39, 0.29) is 35.3 Å². The Kier molecular flexibility index (Phi) is 7.62. The van der Waals surface area contributed by atoms with E-state index in [0.717, 1.165) is 11.9 Å². The van der Waals surface area contributed by atoms with Gasteiger partial charge in [-0.25, -0.2) is 4.52 Å². The number of methoxy groups -OCH3 is 1. The molecule has 188 valence electrons. The van der Waals surface area contributed by atoms with Gasteiger partial charge in [0.1, 0.15) is 17.0 Å². The van der Waals surface area contributed by atoms with Gasteiger partial charge in [0.15, 0.2) is 0 Å². The number of benzene rings is 2. The number of aromatic hydroxyl groups is 1. The Bertz CT molecular complexity index is 1400. The molecule has 4 aromatic rings. The first kappa shape index (κ1) is 25.4. The number of ether oxygens (including phenoxy) is 1. The summed E-state index contributed by atoms with van der Waals surface area (Å²) in [6.45, 7) is 2.39. The first-order chi connectivity index (χ1) is 16.8. The number of anilines is 1. The second-order valence-electron chi connectivity index (χ2n) is 8.66. The number of phenols is 1. The molecule has 0 bridgehead atoms. The van der Waals surface area contributed by atoms with E-state index in [1.807, 2.05) is 36.0 Å². The predicted molar refractivity (Wildman–Crippen MR) is 140 cm³/mol. The quantitative estimate of drug-likeness (QED) is 0.207. The van der Waals surface area contributed by atoms with Gasteiger partial charge in [0.25, 0.3) is 0 Å². The van der Waals surface area contributed by atoms with Crippen LogP contribution in [0.5, 0.6) is 11.5 Å². The van der Waals surface area contributed by atoms with E-state index in [0.29, 0.717) is 58.7 Å². The third kappa shape index (κ3) is 4.62. The van der Waals surface area contributed by atoms with Crippen LogP contribution in [0.1, 0.15) is 5.69 Å². The number of pyridine rings is 1. The maximum absolute atomic E-state index is 14.0.